The van der Waals surface area contributed by atoms with Gasteiger partial charge in [0.25, 0.3) is 0 Å². The van der Waals surface area contributed by atoms with Crippen LogP contribution in [-0.2, 0) is 11.8 Å². The van der Waals surface area contributed by atoms with Crippen LogP contribution in [0, 0.1) is 0 Å². The summed E-state index contributed by atoms with van der Waals surface area (Å²) >= 11 is 0. The Hall–Kier alpha value is -1.26. The molecule has 4 heteroatoms. The first-order valence-corrected chi connectivity index (χ1v) is 9.60. The molecule has 0 heterocycles. The highest BCUT2D eigenvalue weighted by atomic mass is 16.5. The molecule has 0 bridgehead atoms. The number of aliphatic hydroxyl groups is 1. The highest BCUT2D eigenvalue weighted by molar-refractivity contribution is 5.50. The van der Waals surface area contributed by atoms with Crippen LogP contribution in [0.15, 0.2) is 12.1 Å². The van der Waals surface area contributed by atoms with Gasteiger partial charge in [0.05, 0.1) is 7.11 Å². The lowest BCUT2D eigenvalue weighted by molar-refractivity contribution is 0.102. The number of nitrogens with one attached hydrogen (secondary N) is 1. The fourth-order valence-electron chi connectivity index (χ4n) is 3.44. The maximum Gasteiger partial charge on any atom is 0.126 e. The Balaban J connectivity index is 2.06. The van der Waals surface area contributed by atoms with Crippen LogP contribution < -0.4 is 14.8 Å². The molecule has 1 aliphatic rings. The van der Waals surface area contributed by atoms with Gasteiger partial charge in [0, 0.05) is 18.2 Å². The zero-order valence-corrected chi connectivity index (χ0v) is 16.5. The molecule has 1 aliphatic carbocycles. The monoisotopic (exact) mass is 349 g/mol. The first kappa shape index (κ1) is 20.1. The lowest BCUT2D eigenvalue weighted by atomic mass is 9.84. The molecule has 25 heavy (non-hydrogen) atoms. The van der Waals surface area contributed by atoms with Crippen LogP contribution in [0.25, 0.3) is 0 Å². The molecular weight excluding hydrogens is 314 g/mol. The molecule has 142 valence electrons. The van der Waals surface area contributed by atoms with E-state index in [2.05, 4.69) is 39.1 Å². The number of aliphatic hydroxyl groups excluding tert-OH is 1. The molecule has 1 aromatic carbocycles. The van der Waals surface area contributed by atoms with E-state index in [-0.39, 0.29) is 5.41 Å². The van der Waals surface area contributed by atoms with Gasteiger partial charge in [-0.2, -0.15) is 0 Å². The fourth-order valence-corrected chi connectivity index (χ4v) is 3.44. The van der Waals surface area contributed by atoms with E-state index in [1.165, 1.54) is 25.7 Å². The molecule has 1 unspecified atom stereocenters. The average Bonchev–Trinajstić information content (AvgIpc) is 3.10. The molecule has 2 N–H and O–H groups in total. The van der Waals surface area contributed by atoms with Crippen molar-refractivity contribution in [2.45, 2.75) is 77.4 Å². The summed E-state index contributed by atoms with van der Waals surface area (Å²) < 4.78 is 11.6. The standard InChI is InChI=1S/C21H35NO3/c1-6-15-11-18(24-5)12-19(21(2,3)4)20(15)25-14-17(23)13-22-16-9-7-8-10-16/h11-12,16-17,22-23H,6-10,13-14H2,1-5H3. The van der Waals surface area contributed by atoms with Crippen molar-refractivity contribution in [1.29, 1.82) is 0 Å². The minimum Gasteiger partial charge on any atom is -0.497 e. The maximum absolute atomic E-state index is 10.3. The Labute approximate surface area is 152 Å². The molecule has 4 nitrogen and oxygen atoms in total. The van der Waals surface area contributed by atoms with Crippen LogP contribution in [0.4, 0.5) is 0 Å². The smallest absolute Gasteiger partial charge is 0.126 e. The highest BCUT2D eigenvalue weighted by Gasteiger charge is 2.23. The van der Waals surface area contributed by atoms with E-state index in [0.29, 0.717) is 19.2 Å². The minimum atomic E-state index is -0.500. The molecule has 0 radical (unpaired) electrons. The zero-order chi connectivity index (χ0) is 18.4. The van der Waals surface area contributed by atoms with Crippen molar-refractivity contribution in [3.63, 3.8) is 0 Å². The van der Waals surface area contributed by atoms with Crippen LogP contribution >= 0.6 is 0 Å². The van der Waals surface area contributed by atoms with Gasteiger partial charge in [0.2, 0.25) is 0 Å². The van der Waals surface area contributed by atoms with Gasteiger partial charge in [-0.1, -0.05) is 40.5 Å². The number of benzene rings is 1. The van der Waals surface area contributed by atoms with Crippen molar-refractivity contribution >= 4 is 0 Å². The number of rotatable bonds is 8. The van der Waals surface area contributed by atoms with Gasteiger partial charge in [-0.05, 0) is 42.4 Å². The zero-order valence-electron chi connectivity index (χ0n) is 16.5. The van der Waals surface area contributed by atoms with E-state index >= 15 is 0 Å². The quantitative estimate of drug-likeness (QED) is 0.749. The highest BCUT2D eigenvalue weighted by Crippen LogP contribution is 2.38. The van der Waals surface area contributed by atoms with Crippen molar-refractivity contribution < 1.29 is 14.6 Å². The van der Waals surface area contributed by atoms with Gasteiger partial charge in [-0.15, -0.1) is 0 Å². The first-order valence-electron chi connectivity index (χ1n) is 9.60. The SMILES string of the molecule is CCc1cc(OC)cc(C(C)(C)C)c1OCC(O)CNC1CCCC1. The molecule has 0 amide bonds. The van der Waals surface area contributed by atoms with Crippen LogP contribution in [0.2, 0.25) is 0 Å². The summed E-state index contributed by atoms with van der Waals surface area (Å²) in [6.45, 7) is 9.53. The largest absolute Gasteiger partial charge is 0.497 e. The average molecular weight is 350 g/mol. The van der Waals surface area contributed by atoms with Crippen LogP contribution in [0.1, 0.15) is 64.5 Å². The Bertz CT molecular complexity index is 545. The molecule has 1 saturated carbocycles. The Morgan fingerprint density at radius 1 is 1.24 bits per heavy atom. The molecule has 1 aromatic rings. The molecule has 0 aliphatic heterocycles. The lowest BCUT2D eigenvalue weighted by Gasteiger charge is -2.26. The summed E-state index contributed by atoms with van der Waals surface area (Å²) in [7, 11) is 1.69. The number of methoxy groups -OCH3 is 1. The predicted molar refractivity (Wildman–Crippen MR) is 103 cm³/mol. The Kier molecular flexibility index (Phi) is 7.14. The van der Waals surface area contributed by atoms with E-state index in [9.17, 15) is 5.11 Å². The van der Waals surface area contributed by atoms with E-state index in [4.69, 9.17) is 9.47 Å². The Morgan fingerprint density at radius 3 is 2.48 bits per heavy atom. The number of ether oxygens (including phenoxy) is 2. The van der Waals surface area contributed by atoms with Crippen molar-refractivity contribution in [2.24, 2.45) is 0 Å². The van der Waals surface area contributed by atoms with Gasteiger partial charge in [-0.25, -0.2) is 0 Å². The van der Waals surface area contributed by atoms with Gasteiger partial charge in [-0.3, -0.25) is 0 Å². The normalized spacial score (nSPS) is 16.9. The number of hydrogen-bond acceptors (Lipinski definition) is 4. The fraction of sp³-hybridized carbons (Fsp3) is 0.714. The summed E-state index contributed by atoms with van der Waals surface area (Å²) in [6.07, 6.45) is 5.41. The van der Waals surface area contributed by atoms with Crippen molar-refractivity contribution in [3.05, 3.63) is 23.3 Å². The van der Waals surface area contributed by atoms with Crippen molar-refractivity contribution in [1.82, 2.24) is 5.32 Å². The summed E-state index contributed by atoms with van der Waals surface area (Å²) in [5, 5.41) is 13.8. The second kappa shape index (κ2) is 8.91. The van der Waals surface area contributed by atoms with Crippen LogP contribution in [-0.4, -0.2) is 37.5 Å². The van der Waals surface area contributed by atoms with Crippen LogP contribution in [0.3, 0.4) is 0 Å². The summed E-state index contributed by atoms with van der Waals surface area (Å²) in [6, 6.07) is 4.65. The van der Waals surface area contributed by atoms with Crippen LogP contribution in [0.5, 0.6) is 11.5 Å². The summed E-state index contributed by atoms with van der Waals surface area (Å²) in [5.74, 6) is 1.76. The van der Waals surface area contributed by atoms with Gasteiger partial charge in [0.15, 0.2) is 0 Å². The topological polar surface area (TPSA) is 50.7 Å². The van der Waals surface area contributed by atoms with Gasteiger partial charge >= 0.3 is 0 Å². The Morgan fingerprint density at radius 2 is 1.92 bits per heavy atom. The van der Waals surface area contributed by atoms with Gasteiger partial charge < -0.3 is 19.9 Å². The van der Waals surface area contributed by atoms with Crippen molar-refractivity contribution in [2.75, 3.05) is 20.3 Å². The first-order chi connectivity index (χ1) is 11.8. The second-order valence-corrected chi connectivity index (χ2v) is 8.12. The number of hydrogen-bond donors (Lipinski definition) is 2. The third kappa shape index (κ3) is 5.61. The second-order valence-electron chi connectivity index (χ2n) is 8.12. The maximum atomic E-state index is 10.3. The molecular formula is C21H35NO3. The molecule has 1 atom stereocenters. The minimum absolute atomic E-state index is 0.0547. The molecule has 0 saturated heterocycles. The molecule has 2 rings (SSSR count). The van der Waals surface area contributed by atoms with Gasteiger partial charge in [0.1, 0.15) is 24.2 Å². The number of aryl methyl sites for hydroxylation is 1. The van der Waals surface area contributed by atoms with E-state index < -0.39 is 6.10 Å². The van der Waals surface area contributed by atoms with E-state index in [0.717, 1.165) is 29.0 Å². The van der Waals surface area contributed by atoms with E-state index in [1.807, 2.05) is 6.07 Å². The summed E-state index contributed by atoms with van der Waals surface area (Å²) in [4.78, 5) is 0. The van der Waals surface area contributed by atoms with Crippen molar-refractivity contribution in [3.8, 4) is 11.5 Å². The molecule has 0 aromatic heterocycles. The summed E-state index contributed by atoms with van der Waals surface area (Å²) in [5.41, 5.74) is 2.20. The molecule has 1 fully saturated rings. The van der Waals surface area contributed by atoms with E-state index in [1.54, 1.807) is 7.11 Å². The third-order valence-electron chi connectivity index (χ3n) is 4.98. The predicted octanol–water partition coefficient (Wildman–Crippen LogP) is 3.83. The molecule has 0 spiro atoms. The lowest BCUT2D eigenvalue weighted by Crippen LogP contribution is -2.36. The third-order valence-corrected chi connectivity index (χ3v) is 4.98.